The largest absolute Gasteiger partial charge is 0.473 e. The molecule has 0 aliphatic carbocycles. The van der Waals surface area contributed by atoms with Gasteiger partial charge in [0.05, 0.1) is 12.8 Å². The number of hydrogen-bond donors (Lipinski definition) is 0. The molecule has 76 valence electrons. The van der Waals surface area contributed by atoms with Crippen molar-refractivity contribution in [3.8, 4) is 16.5 Å². The molecule has 0 unspecified atom stereocenters. The highest BCUT2D eigenvalue weighted by molar-refractivity contribution is 7.11. The molecule has 0 amide bonds. The second-order valence-corrected chi connectivity index (χ2v) is 3.77. The first-order chi connectivity index (χ1) is 7.33. The zero-order chi connectivity index (χ0) is 10.7. The predicted molar refractivity (Wildman–Crippen MR) is 59.5 cm³/mol. The molecular formula is C11H9NO2S. The molecule has 2 rings (SSSR count). The Bertz CT molecular complexity index is 479. The van der Waals surface area contributed by atoms with Gasteiger partial charge < -0.3 is 4.74 Å². The van der Waals surface area contributed by atoms with Crippen molar-refractivity contribution in [2.24, 2.45) is 0 Å². The Labute approximate surface area is 91.4 Å². The molecule has 1 aromatic heterocycles. The molecule has 1 heterocycles. The van der Waals surface area contributed by atoms with E-state index in [1.807, 2.05) is 23.6 Å². The van der Waals surface area contributed by atoms with Gasteiger partial charge in [0, 0.05) is 16.5 Å². The van der Waals surface area contributed by atoms with Crippen LogP contribution in [0.5, 0.6) is 5.19 Å². The number of aldehydes is 1. The molecule has 0 fully saturated rings. The van der Waals surface area contributed by atoms with Crippen LogP contribution >= 0.6 is 11.3 Å². The lowest BCUT2D eigenvalue weighted by atomic mass is 10.1. The van der Waals surface area contributed by atoms with Crippen LogP contribution in [-0.4, -0.2) is 18.4 Å². The fourth-order valence-electron chi connectivity index (χ4n) is 1.25. The first kappa shape index (κ1) is 9.86. The van der Waals surface area contributed by atoms with Crippen LogP contribution in [-0.2, 0) is 0 Å². The molecule has 0 atom stereocenters. The van der Waals surface area contributed by atoms with Gasteiger partial charge in [0.15, 0.2) is 0 Å². The first-order valence-electron chi connectivity index (χ1n) is 4.38. The van der Waals surface area contributed by atoms with Gasteiger partial charge in [-0.2, -0.15) is 0 Å². The first-order valence-corrected chi connectivity index (χ1v) is 5.26. The van der Waals surface area contributed by atoms with E-state index >= 15 is 0 Å². The monoisotopic (exact) mass is 219 g/mol. The van der Waals surface area contributed by atoms with E-state index in [0.717, 1.165) is 17.5 Å². The Balaban J connectivity index is 2.39. The van der Waals surface area contributed by atoms with Crippen LogP contribution < -0.4 is 4.74 Å². The molecule has 3 nitrogen and oxygen atoms in total. The summed E-state index contributed by atoms with van der Waals surface area (Å²) in [5.41, 5.74) is 2.42. The molecule has 2 aromatic rings. The summed E-state index contributed by atoms with van der Waals surface area (Å²) in [6.07, 6.45) is 0.826. The Hall–Kier alpha value is -1.68. The highest BCUT2D eigenvalue weighted by Crippen LogP contribution is 2.26. The Morgan fingerprint density at radius 1 is 1.47 bits per heavy atom. The van der Waals surface area contributed by atoms with Gasteiger partial charge in [0.1, 0.15) is 6.29 Å². The lowest BCUT2D eigenvalue weighted by Gasteiger charge is -1.96. The minimum Gasteiger partial charge on any atom is -0.473 e. The van der Waals surface area contributed by atoms with Gasteiger partial charge in [0.25, 0.3) is 5.19 Å². The quantitative estimate of drug-likeness (QED) is 0.745. The van der Waals surface area contributed by atoms with Crippen molar-refractivity contribution in [1.82, 2.24) is 4.98 Å². The maximum absolute atomic E-state index is 10.6. The number of aromatic nitrogens is 1. The number of hydrogen-bond acceptors (Lipinski definition) is 4. The van der Waals surface area contributed by atoms with E-state index in [1.54, 1.807) is 13.2 Å². The maximum Gasteiger partial charge on any atom is 0.273 e. The van der Waals surface area contributed by atoms with Crippen LogP contribution in [0.25, 0.3) is 11.3 Å². The van der Waals surface area contributed by atoms with Crippen molar-refractivity contribution in [3.05, 3.63) is 35.2 Å². The fourth-order valence-corrected chi connectivity index (χ4v) is 1.90. The number of ether oxygens (including phenoxy) is 1. The van der Waals surface area contributed by atoms with Crippen LogP contribution in [0.4, 0.5) is 0 Å². The molecule has 0 bridgehead atoms. The Morgan fingerprint density at radius 3 is 3.00 bits per heavy atom. The zero-order valence-electron chi connectivity index (χ0n) is 8.14. The van der Waals surface area contributed by atoms with Crippen LogP contribution in [0.2, 0.25) is 0 Å². The summed E-state index contributed by atoms with van der Waals surface area (Å²) < 4.78 is 5.01. The van der Waals surface area contributed by atoms with E-state index < -0.39 is 0 Å². The number of benzene rings is 1. The average molecular weight is 219 g/mol. The number of nitrogens with zero attached hydrogens (tertiary/aromatic N) is 1. The third kappa shape index (κ3) is 2.05. The summed E-state index contributed by atoms with van der Waals surface area (Å²) in [5.74, 6) is 0. The summed E-state index contributed by atoms with van der Waals surface area (Å²) in [6.45, 7) is 0. The van der Waals surface area contributed by atoms with E-state index in [-0.39, 0.29) is 0 Å². The molecule has 0 spiro atoms. The third-order valence-electron chi connectivity index (χ3n) is 1.98. The topological polar surface area (TPSA) is 39.2 Å². The van der Waals surface area contributed by atoms with Crippen molar-refractivity contribution >= 4 is 17.6 Å². The summed E-state index contributed by atoms with van der Waals surface area (Å²) in [4.78, 5) is 14.9. The number of thiazole rings is 1. The number of carbonyl (C=O) groups excluding carboxylic acids is 1. The van der Waals surface area contributed by atoms with E-state index in [2.05, 4.69) is 4.98 Å². The average Bonchev–Trinajstić information content (AvgIpc) is 2.78. The molecule has 4 heteroatoms. The predicted octanol–water partition coefficient (Wildman–Crippen LogP) is 2.63. The molecule has 0 N–H and O–H groups in total. The lowest BCUT2D eigenvalue weighted by molar-refractivity contribution is 0.112. The van der Waals surface area contributed by atoms with Crippen molar-refractivity contribution < 1.29 is 9.53 Å². The Morgan fingerprint density at radius 2 is 2.33 bits per heavy atom. The number of rotatable bonds is 3. The minimum atomic E-state index is 0.626. The summed E-state index contributed by atoms with van der Waals surface area (Å²) in [6, 6.07) is 7.33. The van der Waals surface area contributed by atoms with E-state index in [4.69, 9.17) is 4.74 Å². The van der Waals surface area contributed by atoms with Gasteiger partial charge in [0.2, 0.25) is 0 Å². The fraction of sp³-hybridized carbons (Fsp3) is 0.0909. The molecular weight excluding hydrogens is 210 g/mol. The van der Waals surface area contributed by atoms with E-state index in [9.17, 15) is 4.79 Å². The van der Waals surface area contributed by atoms with Crippen LogP contribution in [0.15, 0.2) is 29.6 Å². The zero-order valence-corrected chi connectivity index (χ0v) is 8.95. The van der Waals surface area contributed by atoms with Crippen LogP contribution in [0.1, 0.15) is 10.4 Å². The molecule has 0 aliphatic rings. The van der Waals surface area contributed by atoms with Gasteiger partial charge in [-0.1, -0.05) is 29.5 Å². The minimum absolute atomic E-state index is 0.626. The standard InChI is InChI=1S/C11H9NO2S/c1-14-11-12-10(7-15-11)9-4-2-3-8(5-9)6-13/h2-7H,1H3. The van der Waals surface area contributed by atoms with E-state index in [1.165, 1.54) is 11.3 Å². The summed E-state index contributed by atoms with van der Waals surface area (Å²) in [5, 5.41) is 2.53. The van der Waals surface area contributed by atoms with Gasteiger partial charge >= 0.3 is 0 Å². The smallest absolute Gasteiger partial charge is 0.273 e. The van der Waals surface area contributed by atoms with Gasteiger partial charge in [-0.05, 0) is 6.07 Å². The van der Waals surface area contributed by atoms with Gasteiger partial charge in [-0.3, -0.25) is 4.79 Å². The molecule has 15 heavy (non-hydrogen) atoms. The SMILES string of the molecule is COc1nc(-c2cccc(C=O)c2)cs1. The maximum atomic E-state index is 10.6. The van der Waals surface area contributed by atoms with Gasteiger partial charge in [-0.25, -0.2) is 4.98 Å². The second kappa shape index (κ2) is 4.23. The van der Waals surface area contributed by atoms with Crippen LogP contribution in [0, 0.1) is 0 Å². The Kier molecular flexibility index (Phi) is 2.78. The van der Waals surface area contributed by atoms with Crippen molar-refractivity contribution in [2.75, 3.05) is 7.11 Å². The number of methoxy groups -OCH3 is 1. The summed E-state index contributed by atoms with van der Waals surface area (Å²) in [7, 11) is 1.59. The molecule has 0 aliphatic heterocycles. The van der Waals surface area contributed by atoms with Crippen molar-refractivity contribution in [3.63, 3.8) is 0 Å². The highest BCUT2D eigenvalue weighted by atomic mass is 32.1. The van der Waals surface area contributed by atoms with Crippen molar-refractivity contribution in [1.29, 1.82) is 0 Å². The van der Waals surface area contributed by atoms with Crippen molar-refractivity contribution in [2.45, 2.75) is 0 Å². The molecule has 0 saturated carbocycles. The molecule has 0 radical (unpaired) electrons. The summed E-state index contributed by atoms with van der Waals surface area (Å²) >= 11 is 1.44. The van der Waals surface area contributed by atoms with E-state index in [0.29, 0.717) is 10.8 Å². The normalized spacial score (nSPS) is 9.93. The lowest BCUT2D eigenvalue weighted by Crippen LogP contribution is -1.84. The molecule has 1 aromatic carbocycles. The van der Waals surface area contributed by atoms with Gasteiger partial charge in [-0.15, -0.1) is 0 Å². The molecule has 0 saturated heterocycles. The highest BCUT2D eigenvalue weighted by Gasteiger charge is 2.04. The second-order valence-electron chi connectivity index (χ2n) is 2.95. The third-order valence-corrected chi connectivity index (χ3v) is 2.78. The number of carbonyl (C=O) groups is 1. The van der Waals surface area contributed by atoms with Crippen LogP contribution in [0.3, 0.4) is 0 Å².